The Labute approximate surface area is 182 Å². The van der Waals surface area contributed by atoms with Gasteiger partial charge >= 0.3 is 12.0 Å². The quantitative estimate of drug-likeness (QED) is 0.474. The van der Waals surface area contributed by atoms with E-state index in [9.17, 15) is 19.2 Å². The number of hydrogen-bond acceptors (Lipinski definition) is 5. The molecular weight excluding hydrogens is 398 g/mol. The highest BCUT2D eigenvalue weighted by Crippen LogP contribution is 2.61. The number of hydrogen-bond donors (Lipinski definition) is 2. The van der Waals surface area contributed by atoms with E-state index in [1.54, 1.807) is 6.92 Å². The van der Waals surface area contributed by atoms with Gasteiger partial charge in [0.05, 0.1) is 0 Å². The van der Waals surface area contributed by atoms with Crippen molar-refractivity contribution in [1.82, 2.24) is 15.5 Å². The monoisotopic (exact) mass is 431 g/mol. The van der Waals surface area contributed by atoms with Gasteiger partial charge in [-0.25, -0.2) is 4.79 Å². The van der Waals surface area contributed by atoms with Gasteiger partial charge in [-0.15, -0.1) is 0 Å². The predicted molar refractivity (Wildman–Crippen MR) is 111 cm³/mol. The summed E-state index contributed by atoms with van der Waals surface area (Å²) in [7, 11) is 0. The smallest absolute Gasteiger partial charge is 0.326 e. The minimum absolute atomic E-state index is 0.0530. The first kappa shape index (κ1) is 20.8. The molecule has 5 aliphatic carbocycles. The molecule has 0 aromatic rings. The van der Waals surface area contributed by atoms with Crippen LogP contribution in [0.4, 0.5) is 4.79 Å². The maximum Gasteiger partial charge on any atom is 0.326 e. The summed E-state index contributed by atoms with van der Waals surface area (Å²) in [6.07, 6.45) is 9.39. The van der Waals surface area contributed by atoms with Gasteiger partial charge in [-0.1, -0.05) is 0 Å². The summed E-state index contributed by atoms with van der Waals surface area (Å²) in [5.41, 5.74) is -0.746. The van der Waals surface area contributed by atoms with Crippen molar-refractivity contribution in [1.29, 1.82) is 0 Å². The summed E-state index contributed by atoms with van der Waals surface area (Å²) in [6.45, 7) is 2.93. The predicted octanol–water partition coefficient (Wildman–Crippen LogP) is 1.97. The zero-order valence-corrected chi connectivity index (χ0v) is 18.4. The third-order valence-corrected chi connectivity index (χ3v) is 8.73. The van der Waals surface area contributed by atoms with Gasteiger partial charge in [-0.2, -0.15) is 0 Å². The number of urea groups is 1. The number of esters is 1. The van der Waals surface area contributed by atoms with Crippen molar-refractivity contribution in [2.24, 2.45) is 29.1 Å². The molecule has 2 N–H and O–H groups in total. The van der Waals surface area contributed by atoms with E-state index in [1.807, 2.05) is 0 Å². The largest absolute Gasteiger partial charge is 0.454 e. The second-order valence-electron chi connectivity index (χ2n) is 11.0. The van der Waals surface area contributed by atoms with Crippen LogP contribution in [-0.2, 0) is 19.1 Å². The van der Waals surface area contributed by atoms with E-state index in [-0.39, 0.29) is 29.9 Å². The van der Waals surface area contributed by atoms with Crippen LogP contribution in [-0.4, -0.2) is 53.4 Å². The number of nitrogens with zero attached hydrogens (tertiary/aromatic N) is 1. The molecule has 31 heavy (non-hydrogen) atoms. The van der Waals surface area contributed by atoms with Crippen molar-refractivity contribution in [3.05, 3.63) is 0 Å². The number of carbonyl (C=O) groups excluding carboxylic acids is 4. The minimum Gasteiger partial charge on any atom is -0.454 e. The molecule has 0 aromatic carbocycles. The molecule has 8 nitrogen and oxygen atoms in total. The summed E-state index contributed by atoms with van der Waals surface area (Å²) in [5.74, 6) is 1.06. The van der Waals surface area contributed by atoms with E-state index >= 15 is 0 Å². The van der Waals surface area contributed by atoms with Crippen molar-refractivity contribution in [2.45, 2.75) is 76.8 Å². The molecule has 8 heteroatoms. The molecule has 0 spiro atoms. The third-order valence-electron chi connectivity index (χ3n) is 8.73. The molecule has 6 aliphatic rings. The lowest BCUT2D eigenvalue weighted by Crippen LogP contribution is -2.56. The SMILES string of the molecule is C[C@H](NC(=O)COC(=O)CN1C(=O)N[C@](C)(C2CC2)C1=O)C12CC3CC(CC(C3)C1)C2. The number of imide groups is 1. The maximum atomic E-state index is 12.6. The molecule has 1 heterocycles. The lowest BCUT2D eigenvalue weighted by Gasteiger charge is -2.59. The van der Waals surface area contributed by atoms with Gasteiger partial charge < -0.3 is 15.4 Å². The fourth-order valence-electron chi connectivity index (χ4n) is 7.26. The third kappa shape index (κ3) is 3.61. The van der Waals surface area contributed by atoms with Crippen molar-refractivity contribution in [3.8, 4) is 0 Å². The van der Waals surface area contributed by atoms with Crippen LogP contribution in [0.2, 0.25) is 0 Å². The summed E-state index contributed by atoms with van der Waals surface area (Å²) in [4.78, 5) is 50.4. The van der Waals surface area contributed by atoms with Gasteiger partial charge in [0, 0.05) is 6.04 Å². The molecule has 170 valence electrons. The lowest BCUT2D eigenvalue weighted by molar-refractivity contribution is -0.151. The summed E-state index contributed by atoms with van der Waals surface area (Å²) >= 11 is 0. The standard InChI is InChI=1S/C23H33N3O5/c1-13(23-8-14-5-15(9-23)7-16(6-14)10-23)24-18(27)12-31-19(28)11-26-20(29)22(2,17-3-4-17)25-21(26)30/h13-17H,3-12H2,1-2H3,(H,24,27)(H,25,30)/t13-,14?,15?,16?,22+,23?/m0/s1. The van der Waals surface area contributed by atoms with E-state index in [0.717, 1.165) is 35.5 Å². The van der Waals surface area contributed by atoms with E-state index in [2.05, 4.69) is 17.6 Å². The van der Waals surface area contributed by atoms with Crippen molar-refractivity contribution >= 4 is 23.8 Å². The minimum atomic E-state index is -0.929. The molecule has 6 rings (SSSR count). The van der Waals surface area contributed by atoms with Gasteiger partial charge in [0.1, 0.15) is 12.1 Å². The average Bonchev–Trinajstić information content (AvgIpc) is 3.51. The Bertz CT molecular complexity index is 787. The van der Waals surface area contributed by atoms with Gasteiger partial charge in [-0.3, -0.25) is 19.3 Å². The van der Waals surface area contributed by atoms with Gasteiger partial charge in [-0.05, 0) is 94.3 Å². The van der Waals surface area contributed by atoms with Crippen LogP contribution < -0.4 is 10.6 Å². The molecule has 1 saturated heterocycles. The van der Waals surface area contributed by atoms with Crippen molar-refractivity contribution in [3.63, 3.8) is 0 Å². The Morgan fingerprint density at radius 3 is 2.26 bits per heavy atom. The summed E-state index contributed by atoms with van der Waals surface area (Å²) < 4.78 is 5.10. The van der Waals surface area contributed by atoms with Crippen LogP contribution in [0.3, 0.4) is 0 Å². The van der Waals surface area contributed by atoms with Crippen LogP contribution in [0.5, 0.6) is 0 Å². The van der Waals surface area contributed by atoms with E-state index in [0.29, 0.717) is 0 Å². The van der Waals surface area contributed by atoms with Crippen molar-refractivity contribution in [2.75, 3.05) is 13.2 Å². The Hall–Kier alpha value is -2.12. The Balaban J connectivity index is 1.10. The van der Waals surface area contributed by atoms with Gasteiger partial charge in [0.2, 0.25) is 0 Å². The van der Waals surface area contributed by atoms with Crippen LogP contribution in [0.25, 0.3) is 0 Å². The molecule has 1 aliphatic heterocycles. The van der Waals surface area contributed by atoms with Crippen molar-refractivity contribution < 1.29 is 23.9 Å². The molecule has 0 aromatic heterocycles. The number of nitrogens with one attached hydrogen (secondary N) is 2. The average molecular weight is 432 g/mol. The van der Waals surface area contributed by atoms with Crippen LogP contribution in [0.15, 0.2) is 0 Å². The number of carbonyl (C=O) groups is 4. The topological polar surface area (TPSA) is 105 Å². The molecule has 4 bridgehead atoms. The first-order chi connectivity index (χ1) is 14.7. The molecule has 0 unspecified atom stereocenters. The molecular formula is C23H33N3O5. The van der Waals surface area contributed by atoms with Crippen LogP contribution in [0, 0.1) is 29.1 Å². The molecule has 5 saturated carbocycles. The van der Waals surface area contributed by atoms with E-state index in [4.69, 9.17) is 4.74 Å². The highest BCUT2D eigenvalue weighted by Gasteiger charge is 2.56. The summed E-state index contributed by atoms with van der Waals surface area (Å²) in [5, 5.41) is 5.77. The zero-order chi connectivity index (χ0) is 22.0. The zero-order valence-electron chi connectivity index (χ0n) is 18.4. The molecule has 0 radical (unpaired) electrons. The van der Waals surface area contributed by atoms with Crippen LogP contribution in [0.1, 0.15) is 65.2 Å². The fourth-order valence-corrected chi connectivity index (χ4v) is 7.26. The first-order valence-electron chi connectivity index (χ1n) is 11.8. The normalized spacial score (nSPS) is 39.4. The second kappa shape index (κ2) is 7.20. The van der Waals surface area contributed by atoms with Gasteiger partial charge in [0.15, 0.2) is 6.61 Å². The van der Waals surface area contributed by atoms with Crippen LogP contribution >= 0.6 is 0 Å². The Kier molecular flexibility index (Phi) is 4.83. The first-order valence-corrected chi connectivity index (χ1v) is 11.8. The second-order valence-corrected chi connectivity index (χ2v) is 11.0. The number of ether oxygens (including phenoxy) is 1. The maximum absolute atomic E-state index is 12.6. The fraction of sp³-hybridized carbons (Fsp3) is 0.826. The highest BCUT2D eigenvalue weighted by molar-refractivity contribution is 6.08. The van der Waals surface area contributed by atoms with E-state index < -0.39 is 30.0 Å². The Morgan fingerprint density at radius 1 is 1.13 bits per heavy atom. The lowest BCUT2D eigenvalue weighted by atomic mass is 9.48. The summed E-state index contributed by atoms with van der Waals surface area (Å²) in [6, 6.07) is -0.520. The molecule has 2 atom stereocenters. The highest BCUT2D eigenvalue weighted by atomic mass is 16.5. The molecule has 6 fully saturated rings. The Morgan fingerprint density at radius 2 is 1.71 bits per heavy atom. The van der Waals surface area contributed by atoms with E-state index in [1.165, 1.54) is 38.5 Å². The van der Waals surface area contributed by atoms with Gasteiger partial charge in [0.25, 0.3) is 11.8 Å². The molecule has 4 amide bonds. The number of rotatable bonds is 7. The number of amides is 4.